The number of furan rings is 1. The van der Waals surface area contributed by atoms with Gasteiger partial charge in [-0.25, -0.2) is 9.59 Å². The Labute approximate surface area is 382 Å². The maximum Gasteiger partial charge on any atom is 0.364 e. The van der Waals surface area contributed by atoms with Gasteiger partial charge in [-0.1, -0.05) is 39.2 Å². The summed E-state index contributed by atoms with van der Waals surface area (Å²) in [6.07, 6.45) is 2.92. The average molecular weight is 958 g/mol. The predicted molar refractivity (Wildman–Crippen MR) is 239 cm³/mol. The van der Waals surface area contributed by atoms with Crippen LogP contribution >= 0.6 is 15.9 Å². The molecule has 3 N–H and O–H groups in total. The van der Waals surface area contributed by atoms with Crippen LogP contribution in [-0.2, 0) is 33.5 Å². The number of esters is 2. The van der Waals surface area contributed by atoms with E-state index in [4.69, 9.17) is 28.2 Å². The van der Waals surface area contributed by atoms with Crippen molar-refractivity contribution in [3.8, 4) is 22.8 Å². The van der Waals surface area contributed by atoms with Gasteiger partial charge in [-0.05, 0) is 120 Å². The van der Waals surface area contributed by atoms with E-state index in [0.717, 1.165) is 17.9 Å². The minimum atomic E-state index is -1.36. The number of unbranched alkanes of at least 4 members (excludes halogenated alkanes) is 2. The quantitative estimate of drug-likeness (QED) is 0.0280. The first-order chi connectivity index (χ1) is 30.1. The minimum absolute atomic E-state index is 0.0571. The molecule has 0 saturated carbocycles. The van der Waals surface area contributed by atoms with Crippen molar-refractivity contribution in [2.24, 2.45) is 5.92 Å². The Kier molecular flexibility index (Phi) is 19.9. The van der Waals surface area contributed by atoms with E-state index in [1.54, 1.807) is 79.7 Å². The van der Waals surface area contributed by atoms with E-state index >= 15 is 0 Å². The Morgan fingerprint density at radius 1 is 0.844 bits per heavy atom. The van der Waals surface area contributed by atoms with Crippen LogP contribution in [0.5, 0.6) is 11.5 Å². The van der Waals surface area contributed by atoms with Gasteiger partial charge in [-0.15, -0.1) is 0 Å². The molecule has 0 aliphatic heterocycles. The summed E-state index contributed by atoms with van der Waals surface area (Å²) < 4.78 is 28.1. The number of rotatable bonds is 23. The number of halogens is 1. The Morgan fingerprint density at radius 3 is 2.12 bits per heavy atom. The van der Waals surface area contributed by atoms with Gasteiger partial charge in [0.2, 0.25) is 12.3 Å². The standard InChI is InChI=1S/C46H61BrN4O13/c1-11-14-15-16-31(35(12-2)51(27-52)64-43(57)30-20-18-29(59-10)24-33(30)47)40(54)48-26-49-42(56)37-22-21-36(61-37)28-17-19-32(38(23-28)60-13-3)41(55)50-34(44(58)63-46(7,8)9)25-39(53)62-45(4,5)6/h17-24,27,31,34-35H,11-16,25-26H2,1-10H3,(H,48,54)(H,49,56)(H,50,55)/t31-,34+,35-/m1/s1. The third-order valence-electron chi connectivity index (χ3n) is 9.29. The monoisotopic (exact) mass is 956 g/mol. The molecule has 0 unspecified atom stereocenters. The van der Waals surface area contributed by atoms with E-state index in [1.807, 2.05) is 6.92 Å². The molecule has 0 bridgehead atoms. The normalized spacial score (nSPS) is 12.7. The first-order valence-corrected chi connectivity index (χ1v) is 21.9. The molecule has 3 rings (SSSR count). The van der Waals surface area contributed by atoms with Crippen LogP contribution in [0.4, 0.5) is 0 Å². The lowest BCUT2D eigenvalue weighted by Gasteiger charge is -2.32. The molecule has 0 saturated heterocycles. The van der Waals surface area contributed by atoms with Crippen molar-refractivity contribution in [3.63, 3.8) is 0 Å². The van der Waals surface area contributed by atoms with Crippen molar-refractivity contribution >= 4 is 58.0 Å². The zero-order valence-electron chi connectivity index (χ0n) is 38.2. The molecule has 18 heteroatoms. The summed E-state index contributed by atoms with van der Waals surface area (Å²) in [5, 5.41) is 8.78. The largest absolute Gasteiger partial charge is 0.497 e. The highest BCUT2D eigenvalue weighted by molar-refractivity contribution is 9.10. The van der Waals surface area contributed by atoms with E-state index < -0.39 is 71.3 Å². The molecule has 17 nitrogen and oxygen atoms in total. The molecule has 3 aromatic rings. The maximum atomic E-state index is 13.7. The van der Waals surface area contributed by atoms with Crippen molar-refractivity contribution in [1.82, 2.24) is 21.0 Å². The Hall–Kier alpha value is -5.91. The second kappa shape index (κ2) is 24.2. The number of methoxy groups -OCH3 is 1. The number of hydrogen-bond donors (Lipinski definition) is 3. The third-order valence-corrected chi connectivity index (χ3v) is 9.95. The van der Waals surface area contributed by atoms with Crippen LogP contribution in [0.3, 0.4) is 0 Å². The number of nitrogens with zero attached hydrogens (tertiary/aromatic N) is 1. The van der Waals surface area contributed by atoms with E-state index in [9.17, 15) is 33.6 Å². The van der Waals surface area contributed by atoms with E-state index in [2.05, 4.69) is 31.9 Å². The maximum absolute atomic E-state index is 13.7. The molecule has 4 amide bonds. The van der Waals surface area contributed by atoms with Crippen molar-refractivity contribution in [2.45, 2.75) is 124 Å². The average Bonchev–Trinajstić information content (AvgIpc) is 3.72. The Morgan fingerprint density at radius 2 is 1.53 bits per heavy atom. The fourth-order valence-corrected chi connectivity index (χ4v) is 6.91. The highest BCUT2D eigenvalue weighted by Gasteiger charge is 2.35. The summed E-state index contributed by atoms with van der Waals surface area (Å²) in [6.45, 7) is 15.4. The second-order valence-corrected chi connectivity index (χ2v) is 17.5. The van der Waals surface area contributed by atoms with E-state index in [1.165, 1.54) is 31.4 Å². The van der Waals surface area contributed by atoms with Crippen molar-refractivity contribution in [1.29, 1.82) is 0 Å². The first-order valence-electron chi connectivity index (χ1n) is 21.1. The molecule has 2 aromatic carbocycles. The van der Waals surface area contributed by atoms with Gasteiger partial charge in [0.05, 0.1) is 49.9 Å². The van der Waals surface area contributed by atoms with Crippen LogP contribution in [0.1, 0.15) is 132 Å². The number of benzene rings is 2. The molecule has 0 fully saturated rings. The van der Waals surface area contributed by atoms with Crippen LogP contribution in [0.2, 0.25) is 0 Å². The van der Waals surface area contributed by atoms with Gasteiger partial charge in [0.25, 0.3) is 11.8 Å². The molecule has 0 aliphatic carbocycles. The van der Waals surface area contributed by atoms with Crippen molar-refractivity contribution < 1.29 is 61.8 Å². The lowest BCUT2D eigenvalue weighted by Crippen LogP contribution is -2.49. The zero-order chi connectivity index (χ0) is 47.8. The fraction of sp³-hybridized carbons (Fsp3) is 0.500. The van der Waals surface area contributed by atoms with Crippen LogP contribution in [0.15, 0.2) is 57.4 Å². The topological polar surface area (TPSA) is 218 Å². The van der Waals surface area contributed by atoms with Gasteiger partial charge in [-0.2, -0.15) is 5.06 Å². The lowest BCUT2D eigenvalue weighted by atomic mass is 9.90. The predicted octanol–water partition coefficient (Wildman–Crippen LogP) is 7.30. The lowest BCUT2D eigenvalue weighted by molar-refractivity contribution is -0.171. The number of ether oxygens (including phenoxy) is 4. The van der Waals surface area contributed by atoms with Gasteiger partial charge in [0.15, 0.2) is 5.76 Å². The van der Waals surface area contributed by atoms with Gasteiger partial charge in [0.1, 0.15) is 34.5 Å². The highest BCUT2D eigenvalue weighted by Crippen LogP contribution is 2.30. The Balaban J connectivity index is 1.74. The summed E-state index contributed by atoms with van der Waals surface area (Å²) >= 11 is 3.33. The summed E-state index contributed by atoms with van der Waals surface area (Å²) in [5.41, 5.74) is -1.07. The number of carbonyl (C=O) groups excluding carboxylic acids is 7. The highest BCUT2D eigenvalue weighted by atomic mass is 79.9. The molecule has 1 heterocycles. The SMILES string of the molecule is CCCCC[C@@H](C(=O)NCNC(=O)c1ccc(-c2ccc(C(=O)N[C@@H](CC(=O)OC(C)(C)C)C(=O)OC(C)(C)C)c(OCC)c2)o1)[C@@H](CC)N(C=O)OC(=O)c1ccc(OC)cc1Br. The molecule has 3 atom stereocenters. The summed E-state index contributed by atoms with van der Waals surface area (Å²) in [5.74, 6) is -4.14. The number of nitrogens with one attached hydrogen (secondary N) is 3. The molecule has 0 spiro atoms. The van der Waals surface area contributed by atoms with Gasteiger partial charge < -0.3 is 44.2 Å². The second-order valence-electron chi connectivity index (χ2n) is 16.6. The van der Waals surface area contributed by atoms with E-state index in [0.29, 0.717) is 35.0 Å². The first kappa shape index (κ1) is 52.4. The Bertz CT molecular complexity index is 2110. The number of carbonyl (C=O) groups is 7. The fourth-order valence-electron chi connectivity index (χ4n) is 6.39. The van der Waals surface area contributed by atoms with Gasteiger partial charge in [0, 0.05) is 10.0 Å². The number of hydrogen-bond acceptors (Lipinski definition) is 13. The van der Waals surface area contributed by atoms with Gasteiger partial charge >= 0.3 is 17.9 Å². The molecule has 0 aliphatic rings. The summed E-state index contributed by atoms with van der Waals surface area (Å²) in [4.78, 5) is 97.2. The van der Waals surface area contributed by atoms with Crippen LogP contribution < -0.4 is 25.4 Å². The molecular weight excluding hydrogens is 896 g/mol. The minimum Gasteiger partial charge on any atom is -0.497 e. The molecule has 64 heavy (non-hydrogen) atoms. The molecular formula is C46H61BrN4O13. The molecule has 1 aromatic heterocycles. The summed E-state index contributed by atoms with van der Waals surface area (Å²) in [6, 6.07) is 10.0. The van der Waals surface area contributed by atoms with Crippen LogP contribution in [0, 0.1) is 5.92 Å². The van der Waals surface area contributed by atoms with Crippen molar-refractivity contribution in [3.05, 3.63) is 69.9 Å². The van der Waals surface area contributed by atoms with Crippen LogP contribution in [-0.4, -0.2) is 90.8 Å². The smallest absolute Gasteiger partial charge is 0.364 e. The number of amides is 4. The van der Waals surface area contributed by atoms with E-state index in [-0.39, 0.29) is 48.1 Å². The van der Waals surface area contributed by atoms with Gasteiger partial charge in [-0.3, -0.25) is 24.0 Å². The third kappa shape index (κ3) is 16.0. The zero-order valence-corrected chi connectivity index (χ0v) is 39.8. The van der Waals surface area contributed by atoms with Crippen molar-refractivity contribution in [2.75, 3.05) is 20.4 Å². The summed E-state index contributed by atoms with van der Waals surface area (Å²) in [7, 11) is 1.49. The molecule has 350 valence electrons. The number of hydroxylamine groups is 2. The van der Waals surface area contributed by atoms with Crippen LogP contribution in [0.25, 0.3) is 11.3 Å². The molecule has 0 radical (unpaired) electrons.